The smallest absolute Gasteiger partial charge is 0.244 e. The maximum Gasteiger partial charge on any atom is 0.244 e. The van der Waals surface area contributed by atoms with Crippen LogP contribution in [-0.4, -0.2) is 49.6 Å². The molecule has 0 radical (unpaired) electrons. The average molecular weight is 406 g/mol. The Morgan fingerprint density at radius 3 is 2.54 bits per heavy atom. The highest BCUT2D eigenvalue weighted by Crippen LogP contribution is 2.31. The van der Waals surface area contributed by atoms with Crippen LogP contribution in [0.4, 0.5) is 0 Å². The summed E-state index contributed by atoms with van der Waals surface area (Å²) in [5.74, 6) is 0.473. The van der Waals surface area contributed by atoms with E-state index >= 15 is 0 Å². The standard InChI is InChI=1S/C19H22N2O6S/c1-14-6-8-16(9-7-14)28(24,25)21(11-10-19(22)20-23)12-15-13-26-17-4-2-3-5-18(17)27-15/h2-9,15,23H,10-13H2,1H3,(H,20,22). The lowest BCUT2D eigenvalue weighted by Crippen LogP contribution is -2.44. The van der Waals surface area contributed by atoms with Crippen LogP contribution < -0.4 is 15.0 Å². The molecule has 0 saturated heterocycles. The molecule has 3 rings (SSSR count). The molecule has 2 aromatic carbocycles. The molecule has 8 nitrogen and oxygen atoms in total. The number of aryl methyl sites for hydroxylation is 1. The van der Waals surface area contributed by atoms with Crippen molar-refractivity contribution in [3.63, 3.8) is 0 Å². The van der Waals surface area contributed by atoms with E-state index in [2.05, 4.69) is 0 Å². The predicted molar refractivity (Wildman–Crippen MR) is 101 cm³/mol. The molecule has 1 aliphatic rings. The highest BCUT2D eigenvalue weighted by atomic mass is 32.2. The zero-order chi connectivity index (χ0) is 20.1. The average Bonchev–Trinajstić information content (AvgIpc) is 2.70. The largest absolute Gasteiger partial charge is 0.486 e. The molecule has 9 heteroatoms. The van der Waals surface area contributed by atoms with Crippen molar-refractivity contribution >= 4 is 15.9 Å². The Bertz CT molecular complexity index is 930. The van der Waals surface area contributed by atoms with E-state index in [1.165, 1.54) is 21.9 Å². The van der Waals surface area contributed by atoms with Crippen molar-refractivity contribution in [2.75, 3.05) is 19.7 Å². The number of carbonyl (C=O) groups is 1. The number of hydrogen-bond acceptors (Lipinski definition) is 6. The molecule has 1 heterocycles. The summed E-state index contributed by atoms with van der Waals surface area (Å²) in [6, 6.07) is 13.6. The fourth-order valence-electron chi connectivity index (χ4n) is 2.83. The number of sulfonamides is 1. The first-order valence-corrected chi connectivity index (χ1v) is 10.2. The van der Waals surface area contributed by atoms with Crippen LogP contribution in [0.1, 0.15) is 12.0 Å². The number of benzene rings is 2. The van der Waals surface area contributed by atoms with Crippen molar-refractivity contribution in [2.24, 2.45) is 0 Å². The Balaban J connectivity index is 1.81. The molecule has 2 N–H and O–H groups in total. The van der Waals surface area contributed by atoms with Gasteiger partial charge >= 0.3 is 0 Å². The first kappa shape index (κ1) is 20.1. The molecule has 0 fully saturated rings. The van der Waals surface area contributed by atoms with E-state index in [1.807, 2.05) is 13.0 Å². The van der Waals surface area contributed by atoms with Crippen molar-refractivity contribution in [3.05, 3.63) is 54.1 Å². The van der Waals surface area contributed by atoms with Crippen LogP contribution in [0, 0.1) is 6.92 Å². The summed E-state index contributed by atoms with van der Waals surface area (Å²) >= 11 is 0. The van der Waals surface area contributed by atoms with Gasteiger partial charge in [0, 0.05) is 13.0 Å². The molecular formula is C19H22N2O6S. The number of hydroxylamine groups is 1. The van der Waals surface area contributed by atoms with Gasteiger partial charge in [0.1, 0.15) is 12.7 Å². The predicted octanol–water partition coefficient (Wildman–Crippen LogP) is 1.72. The van der Waals surface area contributed by atoms with Crippen LogP contribution in [0.2, 0.25) is 0 Å². The van der Waals surface area contributed by atoms with E-state index in [1.54, 1.807) is 30.3 Å². The number of ether oxygens (including phenoxy) is 2. The van der Waals surface area contributed by atoms with Crippen molar-refractivity contribution in [1.82, 2.24) is 9.79 Å². The van der Waals surface area contributed by atoms with Gasteiger partial charge < -0.3 is 9.47 Å². The summed E-state index contributed by atoms with van der Waals surface area (Å²) in [7, 11) is -3.86. The first-order chi connectivity index (χ1) is 13.4. The molecule has 28 heavy (non-hydrogen) atoms. The van der Waals surface area contributed by atoms with Crippen LogP contribution in [0.5, 0.6) is 11.5 Å². The van der Waals surface area contributed by atoms with E-state index in [4.69, 9.17) is 14.7 Å². The van der Waals surface area contributed by atoms with Crippen LogP contribution in [0.3, 0.4) is 0 Å². The molecule has 1 unspecified atom stereocenters. The van der Waals surface area contributed by atoms with Crippen molar-refractivity contribution < 1.29 is 27.9 Å². The second kappa shape index (κ2) is 8.59. The highest BCUT2D eigenvalue weighted by molar-refractivity contribution is 7.89. The second-order valence-corrected chi connectivity index (χ2v) is 8.40. The van der Waals surface area contributed by atoms with E-state index < -0.39 is 22.0 Å². The molecule has 1 atom stereocenters. The maximum atomic E-state index is 13.1. The Morgan fingerprint density at radius 2 is 1.86 bits per heavy atom. The molecule has 0 bridgehead atoms. The Labute approximate surface area is 163 Å². The third-order valence-electron chi connectivity index (χ3n) is 4.35. The molecule has 0 aliphatic carbocycles. The molecular weight excluding hydrogens is 384 g/mol. The number of amides is 1. The summed E-state index contributed by atoms with van der Waals surface area (Å²) in [5, 5.41) is 8.72. The van der Waals surface area contributed by atoms with Crippen molar-refractivity contribution in [2.45, 2.75) is 24.3 Å². The molecule has 1 aliphatic heterocycles. The van der Waals surface area contributed by atoms with Crippen LogP contribution in [-0.2, 0) is 14.8 Å². The monoisotopic (exact) mass is 406 g/mol. The van der Waals surface area contributed by atoms with Gasteiger partial charge in [-0.05, 0) is 31.2 Å². The van der Waals surface area contributed by atoms with E-state index in [-0.39, 0.29) is 31.0 Å². The first-order valence-electron chi connectivity index (χ1n) is 8.78. The van der Waals surface area contributed by atoms with Crippen LogP contribution in [0.25, 0.3) is 0 Å². The van der Waals surface area contributed by atoms with Crippen LogP contribution >= 0.6 is 0 Å². The number of para-hydroxylation sites is 2. The number of rotatable bonds is 7. The topological polar surface area (TPSA) is 105 Å². The van der Waals surface area contributed by atoms with E-state index in [0.717, 1.165) is 5.56 Å². The summed E-state index contributed by atoms with van der Waals surface area (Å²) in [4.78, 5) is 11.6. The van der Waals surface area contributed by atoms with E-state index in [9.17, 15) is 13.2 Å². The summed E-state index contributed by atoms with van der Waals surface area (Å²) in [6.45, 7) is 1.95. The number of hydrogen-bond donors (Lipinski definition) is 2. The number of carbonyl (C=O) groups excluding carboxylic acids is 1. The molecule has 1 amide bonds. The lowest BCUT2D eigenvalue weighted by Gasteiger charge is -2.30. The quantitative estimate of drug-likeness (QED) is 0.536. The number of fused-ring (bicyclic) bond motifs is 1. The number of nitrogens with one attached hydrogen (secondary N) is 1. The van der Waals surface area contributed by atoms with Gasteiger partial charge in [0.25, 0.3) is 0 Å². The fourth-order valence-corrected chi connectivity index (χ4v) is 4.30. The molecule has 2 aromatic rings. The van der Waals surface area contributed by atoms with E-state index in [0.29, 0.717) is 11.5 Å². The fraction of sp³-hybridized carbons (Fsp3) is 0.316. The van der Waals surface area contributed by atoms with Gasteiger partial charge in [-0.2, -0.15) is 4.31 Å². The minimum atomic E-state index is -3.86. The molecule has 0 saturated carbocycles. The molecule has 0 aromatic heterocycles. The minimum Gasteiger partial charge on any atom is -0.486 e. The van der Waals surface area contributed by atoms with Crippen LogP contribution in [0.15, 0.2) is 53.4 Å². The Hall–Kier alpha value is -2.62. The molecule has 150 valence electrons. The zero-order valence-electron chi connectivity index (χ0n) is 15.4. The van der Waals surface area contributed by atoms with Gasteiger partial charge in [-0.3, -0.25) is 10.0 Å². The molecule has 0 spiro atoms. The van der Waals surface area contributed by atoms with Gasteiger partial charge in [0.05, 0.1) is 11.4 Å². The van der Waals surface area contributed by atoms with Gasteiger partial charge in [-0.15, -0.1) is 0 Å². The highest BCUT2D eigenvalue weighted by Gasteiger charge is 2.30. The van der Waals surface area contributed by atoms with Gasteiger partial charge in [0.15, 0.2) is 11.5 Å². The van der Waals surface area contributed by atoms with Gasteiger partial charge in [0.2, 0.25) is 15.9 Å². The normalized spacial score (nSPS) is 16.0. The lowest BCUT2D eigenvalue weighted by molar-refractivity contribution is -0.129. The second-order valence-electron chi connectivity index (χ2n) is 6.46. The Kier molecular flexibility index (Phi) is 6.18. The summed E-state index contributed by atoms with van der Waals surface area (Å²) in [6.07, 6.45) is -0.724. The van der Waals surface area contributed by atoms with Gasteiger partial charge in [-0.25, -0.2) is 13.9 Å². The summed E-state index contributed by atoms with van der Waals surface area (Å²) < 4.78 is 38.9. The van der Waals surface area contributed by atoms with Crippen molar-refractivity contribution in [3.8, 4) is 11.5 Å². The van der Waals surface area contributed by atoms with Gasteiger partial charge in [-0.1, -0.05) is 29.8 Å². The third-order valence-corrected chi connectivity index (χ3v) is 6.23. The van der Waals surface area contributed by atoms with Crippen molar-refractivity contribution in [1.29, 1.82) is 0 Å². The summed E-state index contributed by atoms with van der Waals surface area (Å²) in [5.41, 5.74) is 2.46. The number of nitrogens with zero attached hydrogens (tertiary/aromatic N) is 1. The maximum absolute atomic E-state index is 13.1. The minimum absolute atomic E-state index is 0.00323. The zero-order valence-corrected chi connectivity index (χ0v) is 16.2. The third kappa shape index (κ3) is 4.61. The SMILES string of the molecule is Cc1ccc(S(=O)(=O)N(CCC(=O)NO)CC2COc3ccccc3O2)cc1. The lowest BCUT2D eigenvalue weighted by atomic mass is 10.2. The Morgan fingerprint density at radius 1 is 1.18 bits per heavy atom.